The van der Waals surface area contributed by atoms with E-state index in [-0.39, 0.29) is 11.6 Å². The summed E-state index contributed by atoms with van der Waals surface area (Å²) in [6.45, 7) is 3.67. The number of nitrogens with zero attached hydrogens (tertiary/aromatic N) is 3. The molecule has 2 N–H and O–H groups in total. The number of hydrogen-bond donors (Lipinski definition) is 2. The Labute approximate surface area is 106 Å². The van der Waals surface area contributed by atoms with Gasteiger partial charge in [0.1, 0.15) is 16.6 Å². The van der Waals surface area contributed by atoms with E-state index in [4.69, 9.17) is 5.11 Å². The highest BCUT2D eigenvalue weighted by molar-refractivity contribution is 8.00. The highest BCUT2D eigenvalue weighted by atomic mass is 32.2. The van der Waals surface area contributed by atoms with Crippen molar-refractivity contribution in [3.05, 3.63) is 22.9 Å². The molecule has 2 aromatic heterocycles. The Bertz CT molecular complexity index is 633. The van der Waals surface area contributed by atoms with Crippen LogP contribution in [-0.2, 0) is 4.79 Å². The molecule has 1 unspecified atom stereocenters. The summed E-state index contributed by atoms with van der Waals surface area (Å²) < 4.78 is 1.26. The Kier molecular flexibility index (Phi) is 3.37. The molecule has 0 bridgehead atoms. The second kappa shape index (κ2) is 4.81. The summed E-state index contributed by atoms with van der Waals surface area (Å²) in [7, 11) is 0. The van der Waals surface area contributed by atoms with Crippen molar-refractivity contribution in [2.24, 2.45) is 5.92 Å². The summed E-state index contributed by atoms with van der Waals surface area (Å²) in [4.78, 5) is 26.4. The molecule has 0 radical (unpaired) electrons. The van der Waals surface area contributed by atoms with E-state index < -0.39 is 11.2 Å². The molecular formula is C10H12N4O3S. The summed E-state index contributed by atoms with van der Waals surface area (Å²) in [5, 5.41) is 15.1. The largest absolute Gasteiger partial charge is 0.480 e. The lowest BCUT2D eigenvalue weighted by Crippen LogP contribution is -2.22. The molecule has 2 rings (SSSR count). The van der Waals surface area contributed by atoms with Crippen LogP contribution in [0.1, 0.15) is 13.8 Å². The van der Waals surface area contributed by atoms with E-state index in [1.807, 2.05) is 13.8 Å². The Hall–Kier alpha value is -1.83. The highest BCUT2D eigenvalue weighted by Gasteiger charge is 2.23. The first-order valence-electron chi connectivity index (χ1n) is 5.31. The molecule has 1 atom stereocenters. The summed E-state index contributed by atoms with van der Waals surface area (Å²) in [5.41, 5.74) is 0.0538. The first-order valence-corrected chi connectivity index (χ1v) is 6.19. The lowest BCUT2D eigenvalue weighted by molar-refractivity contribution is -0.137. The molecule has 0 amide bonds. The number of carboxylic acid groups (broad SMARTS) is 1. The number of hydrogen-bond acceptors (Lipinski definition) is 5. The third-order valence-corrected chi connectivity index (χ3v) is 3.85. The lowest BCUT2D eigenvalue weighted by atomic mass is 10.1. The zero-order valence-electron chi connectivity index (χ0n) is 9.82. The molecule has 2 aromatic rings. The van der Waals surface area contributed by atoms with Crippen molar-refractivity contribution in [2.45, 2.75) is 24.1 Å². The van der Waals surface area contributed by atoms with Gasteiger partial charge in [-0.05, 0) is 5.92 Å². The van der Waals surface area contributed by atoms with Crippen LogP contribution in [-0.4, -0.2) is 35.9 Å². The number of H-pyrrole nitrogens is 1. The minimum atomic E-state index is -0.879. The van der Waals surface area contributed by atoms with Crippen molar-refractivity contribution in [3.63, 3.8) is 0 Å². The number of aromatic amines is 1. The second-order valence-electron chi connectivity index (χ2n) is 4.10. The first kappa shape index (κ1) is 12.6. The average molecular weight is 268 g/mol. The van der Waals surface area contributed by atoms with Crippen LogP contribution in [0.25, 0.3) is 5.65 Å². The predicted octanol–water partition coefficient (Wildman–Crippen LogP) is 0.619. The molecule has 0 aromatic carbocycles. The van der Waals surface area contributed by atoms with Crippen LogP contribution in [0.4, 0.5) is 0 Å². The molecule has 18 heavy (non-hydrogen) atoms. The van der Waals surface area contributed by atoms with Crippen molar-refractivity contribution in [1.29, 1.82) is 0 Å². The van der Waals surface area contributed by atoms with Crippen LogP contribution >= 0.6 is 11.8 Å². The monoisotopic (exact) mass is 268 g/mol. The number of carbonyl (C=O) groups is 1. The van der Waals surface area contributed by atoms with Gasteiger partial charge in [0.25, 0.3) is 0 Å². The summed E-state index contributed by atoms with van der Waals surface area (Å²) in [6.07, 6.45) is 1.34. The normalized spacial score (nSPS) is 13.1. The molecule has 0 saturated heterocycles. The predicted molar refractivity (Wildman–Crippen MR) is 65.7 cm³/mol. The van der Waals surface area contributed by atoms with Crippen molar-refractivity contribution in [1.82, 2.24) is 19.6 Å². The molecule has 96 valence electrons. The van der Waals surface area contributed by atoms with E-state index in [0.29, 0.717) is 10.7 Å². The van der Waals surface area contributed by atoms with Gasteiger partial charge in [-0.2, -0.15) is 5.10 Å². The molecular weight excluding hydrogens is 256 g/mol. The van der Waals surface area contributed by atoms with E-state index in [2.05, 4.69) is 15.2 Å². The standard InChI is InChI=1S/C10H12N4O3S/c1-5(2)8(9(15)16)18-7-3-6-12-13-10(17)14(6)4-11-7/h3-5,8H,1-2H3,(H,13,17)(H,15,16). The van der Waals surface area contributed by atoms with Crippen LogP contribution in [0.3, 0.4) is 0 Å². The quantitative estimate of drug-likeness (QED) is 0.622. The van der Waals surface area contributed by atoms with E-state index >= 15 is 0 Å². The maximum absolute atomic E-state index is 11.2. The highest BCUT2D eigenvalue weighted by Crippen LogP contribution is 2.26. The number of aliphatic carboxylic acids is 1. The van der Waals surface area contributed by atoms with Gasteiger partial charge < -0.3 is 5.11 Å². The second-order valence-corrected chi connectivity index (χ2v) is 5.27. The smallest absolute Gasteiger partial charge is 0.348 e. The SMILES string of the molecule is CC(C)C(Sc1cc2n[nH]c(=O)n2cn1)C(=O)O. The third kappa shape index (κ3) is 2.37. The fraction of sp³-hybridized carbons (Fsp3) is 0.400. The van der Waals surface area contributed by atoms with Gasteiger partial charge in [0.2, 0.25) is 0 Å². The number of aromatic nitrogens is 4. The molecule has 0 spiro atoms. The lowest BCUT2D eigenvalue weighted by Gasteiger charge is -2.14. The Balaban J connectivity index is 2.31. The van der Waals surface area contributed by atoms with Gasteiger partial charge in [-0.3, -0.25) is 4.79 Å². The van der Waals surface area contributed by atoms with Crippen molar-refractivity contribution in [3.8, 4) is 0 Å². The van der Waals surface area contributed by atoms with E-state index in [9.17, 15) is 9.59 Å². The van der Waals surface area contributed by atoms with Crippen molar-refractivity contribution >= 4 is 23.4 Å². The van der Waals surface area contributed by atoms with E-state index in [0.717, 1.165) is 11.8 Å². The number of fused-ring (bicyclic) bond motifs is 1. The molecule has 7 nitrogen and oxygen atoms in total. The van der Waals surface area contributed by atoms with Gasteiger partial charge in [-0.15, -0.1) is 0 Å². The van der Waals surface area contributed by atoms with Crippen LogP contribution < -0.4 is 5.69 Å². The molecule has 0 aliphatic carbocycles. The minimum absolute atomic E-state index is 0.0214. The third-order valence-electron chi connectivity index (χ3n) is 2.38. The zero-order valence-corrected chi connectivity index (χ0v) is 10.6. The number of thioether (sulfide) groups is 1. The Morgan fingerprint density at radius 1 is 1.56 bits per heavy atom. The molecule has 0 fully saturated rings. The van der Waals surface area contributed by atoms with E-state index in [1.54, 1.807) is 6.07 Å². The van der Waals surface area contributed by atoms with Crippen molar-refractivity contribution < 1.29 is 9.90 Å². The zero-order chi connectivity index (χ0) is 13.3. The number of carboxylic acids is 1. The van der Waals surface area contributed by atoms with Gasteiger partial charge in [-0.1, -0.05) is 25.6 Å². The van der Waals surface area contributed by atoms with Gasteiger partial charge in [0, 0.05) is 6.07 Å². The number of rotatable bonds is 4. The van der Waals surface area contributed by atoms with Crippen LogP contribution in [0.2, 0.25) is 0 Å². The summed E-state index contributed by atoms with van der Waals surface area (Å²) in [6, 6.07) is 1.58. The first-order chi connectivity index (χ1) is 8.49. The Morgan fingerprint density at radius 3 is 2.89 bits per heavy atom. The maximum Gasteiger partial charge on any atom is 0.348 e. The van der Waals surface area contributed by atoms with Crippen LogP contribution in [0.15, 0.2) is 22.2 Å². The van der Waals surface area contributed by atoms with Crippen LogP contribution in [0.5, 0.6) is 0 Å². The maximum atomic E-state index is 11.2. The number of nitrogens with one attached hydrogen (secondary N) is 1. The summed E-state index contributed by atoms with van der Waals surface area (Å²) >= 11 is 1.15. The molecule has 0 saturated carbocycles. The fourth-order valence-electron chi connectivity index (χ4n) is 1.46. The van der Waals surface area contributed by atoms with Gasteiger partial charge >= 0.3 is 11.7 Å². The topological polar surface area (TPSA) is 100 Å². The summed E-state index contributed by atoms with van der Waals surface area (Å²) in [5.74, 6) is -0.900. The molecule has 0 aliphatic rings. The minimum Gasteiger partial charge on any atom is -0.480 e. The van der Waals surface area contributed by atoms with Crippen LogP contribution in [0, 0.1) is 5.92 Å². The van der Waals surface area contributed by atoms with E-state index in [1.165, 1.54) is 10.7 Å². The molecule has 0 aliphatic heterocycles. The molecule has 8 heteroatoms. The average Bonchev–Trinajstić information content (AvgIpc) is 2.67. The van der Waals surface area contributed by atoms with Gasteiger partial charge in [0.15, 0.2) is 5.65 Å². The Morgan fingerprint density at radius 2 is 2.28 bits per heavy atom. The van der Waals surface area contributed by atoms with Crippen molar-refractivity contribution in [2.75, 3.05) is 0 Å². The van der Waals surface area contributed by atoms with Gasteiger partial charge in [0.05, 0.1) is 0 Å². The van der Waals surface area contributed by atoms with Gasteiger partial charge in [-0.25, -0.2) is 19.3 Å². The fourth-order valence-corrected chi connectivity index (χ4v) is 2.37. The molecule has 2 heterocycles.